The monoisotopic (exact) mass is 1060 g/mol. The van der Waals surface area contributed by atoms with E-state index in [0.717, 1.165) is 34.1 Å². The van der Waals surface area contributed by atoms with Crippen LogP contribution in [0.4, 0.5) is 34.1 Å². The first-order valence-corrected chi connectivity index (χ1v) is 29.1. The van der Waals surface area contributed by atoms with Crippen molar-refractivity contribution in [1.82, 2.24) is 8.80 Å². The highest BCUT2D eigenvalue weighted by Crippen LogP contribution is 2.55. The van der Waals surface area contributed by atoms with Crippen LogP contribution >= 0.6 is 0 Å². The highest BCUT2D eigenvalue weighted by atomic mass is 15.2. The second kappa shape index (κ2) is 18.1. The third kappa shape index (κ3) is 7.03. The van der Waals surface area contributed by atoms with Crippen molar-refractivity contribution in [2.45, 2.75) is 83.1 Å². The number of fused-ring (bicyclic) bond motifs is 12. The lowest BCUT2D eigenvalue weighted by Crippen LogP contribution is -2.12. The minimum absolute atomic E-state index is 1.13. The summed E-state index contributed by atoms with van der Waals surface area (Å²) in [5.41, 5.74) is 34.8. The zero-order valence-corrected chi connectivity index (χ0v) is 49.1. The molecule has 4 nitrogen and oxygen atoms in total. The van der Waals surface area contributed by atoms with E-state index in [1.165, 1.54) is 165 Å². The maximum atomic E-state index is 2.66. The van der Waals surface area contributed by atoms with Gasteiger partial charge in [0.1, 0.15) is 0 Å². The number of hydrogen-bond acceptors (Lipinski definition) is 2. The molecule has 4 heteroatoms. The van der Waals surface area contributed by atoms with Crippen LogP contribution in [-0.4, -0.2) is 8.80 Å². The molecule has 0 radical (unpaired) electrons. The van der Waals surface area contributed by atoms with Crippen molar-refractivity contribution in [2.75, 3.05) is 9.80 Å². The van der Waals surface area contributed by atoms with Gasteiger partial charge in [-0.2, -0.15) is 0 Å². The Bertz CT molecular complexity index is 4630. The van der Waals surface area contributed by atoms with Crippen molar-refractivity contribution in [3.8, 4) is 22.3 Å². The number of nitrogens with zero attached hydrogens (tertiary/aromatic N) is 4. The van der Waals surface area contributed by atoms with Crippen LogP contribution in [0.25, 0.3) is 98.4 Å². The molecule has 0 aliphatic carbocycles. The van der Waals surface area contributed by atoms with Gasteiger partial charge in [-0.3, -0.25) is 0 Å². The summed E-state index contributed by atoms with van der Waals surface area (Å²) >= 11 is 0. The molecule has 0 N–H and O–H groups in total. The van der Waals surface area contributed by atoms with Crippen molar-refractivity contribution < 1.29 is 0 Å². The van der Waals surface area contributed by atoms with Crippen molar-refractivity contribution in [3.05, 3.63) is 249 Å². The lowest BCUT2D eigenvalue weighted by atomic mass is 9.89. The van der Waals surface area contributed by atoms with E-state index in [4.69, 9.17) is 0 Å². The van der Waals surface area contributed by atoms with Gasteiger partial charge in [0.25, 0.3) is 0 Å². The molecule has 0 saturated carbocycles. The van der Waals surface area contributed by atoms with Crippen LogP contribution < -0.4 is 9.80 Å². The summed E-state index contributed by atoms with van der Waals surface area (Å²) in [6.45, 7) is 27.0. The molecule has 0 aliphatic rings. The maximum absolute atomic E-state index is 2.66. The Kier molecular flexibility index (Phi) is 10.9. The van der Waals surface area contributed by atoms with Gasteiger partial charge in [-0.25, -0.2) is 0 Å². The Labute approximate surface area is 480 Å². The van der Waals surface area contributed by atoms with E-state index in [-0.39, 0.29) is 0 Å². The van der Waals surface area contributed by atoms with Crippen molar-refractivity contribution in [1.29, 1.82) is 0 Å². The first kappa shape index (κ1) is 49.6. The molecular weight excluding hydrogens is 993 g/mol. The molecule has 0 aliphatic heterocycles. The Morgan fingerprint density at radius 3 is 0.841 bits per heavy atom. The predicted octanol–water partition coefficient (Wildman–Crippen LogP) is 22.0. The fraction of sp³-hybridized carbons (Fsp3) is 0.154. The Morgan fingerprint density at radius 2 is 0.537 bits per heavy atom. The average molecular weight is 1060 g/mol. The second-order valence-corrected chi connectivity index (χ2v) is 23.9. The third-order valence-electron chi connectivity index (χ3n) is 19.3. The van der Waals surface area contributed by atoms with Gasteiger partial charge in [0.05, 0.1) is 33.1 Å². The summed E-state index contributed by atoms with van der Waals surface area (Å²) < 4.78 is 5.31. The van der Waals surface area contributed by atoms with Crippen molar-refractivity contribution in [3.63, 3.8) is 0 Å². The fourth-order valence-corrected chi connectivity index (χ4v) is 14.2. The molecule has 0 unspecified atom stereocenters. The van der Waals surface area contributed by atoms with E-state index < -0.39 is 0 Å². The van der Waals surface area contributed by atoms with Crippen LogP contribution in [0.15, 0.2) is 182 Å². The number of hydrogen-bond donors (Lipinski definition) is 0. The lowest BCUT2D eigenvalue weighted by Gasteiger charge is -2.28. The van der Waals surface area contributed by atoms with Gasteiger partial charge in [0.2, 0.25) is 0 Å². The minimum Gasteiger partial charge on any atom is -0.310 e. The first-order chi connectivity index (χ1) is 39.7. The zero-order valence-electron chi connectivity index (χ0n) is 49.1. The quantitative estimate of drug-likeness (QED) is 0.151. The van der Waals surface area contributed by atoms with E-state index in [2.05, 4.69) is 284 Å². The predicted molar refractivity (Wildman–Crippen MR) is 353 cm³/mol. The summed E-state index contributed by atoms with van der Waals surface area (Å²) in [7, 11) is 0. The number of para-hydroxylation sites is 2. The Hall–Kier alpha value is -9.38. The SMILES string of the molecule is Cc1cc(N(c2cc(C)c(C)c(C)c2)c2ccc3c4cccc5c6c(-c7ccccc7)c7c(c(-c8ccccc8)c6n(c3c2)c45)c2cccc3c4ccc(N(c5cc(C)c(C)c(C)c5)c5cc(C)c(C)c(C)c5)cc4n7c32)cc(C)c1C. The van der Waals surface area contributed by atoms with Crippen molar-refractivity contribution >= 4 is 110 Å². The van der Waals surface area contributed by atoms with Crippen LogP contribution in [-0.2, 0) is 0 Å². The molecule has 4 aromatic heterocycles. The van der Waals surface area contributed by atoms with Crippen LogP contribution in [0.2, 0.25) is 0 Å². The van der Waals surface area contributed by atoms with Gasteiger partial charge >= 0.3 is 0 Å². The van der Waals surface area contributed by atoms with E-state index >= 15 is 0 Å². The Morgan fingerprint density at radius 1 is 0.244 bits per heavy atom. The number of aromatic nitrogens is 2. The number of anilines is 6. The molecule has 0 bridgehead atoms. The molecule has 4 heterocycles. The lowest BCUT2D eigenvalue weighted by molar-refractivity contribution is 1.19. The molecule has 0 saturated heterocycles. The summed E-state index contributed by atoms with van der Waals surface area (Å²) in [6, 6.07) is 70.0. The van der Waals surface area contributed by atoms with E-state index in [9.17, 15) is 0 Å². The molecular formula is C78H66N4. The molecule has 82 heavy (non-hydrogen) atoms. The molecule has 15 aromatic rings. The van der Waals surface area contributed by atoms with Crippen LogP contribution in [0.5, 0.6) is 0 Å². The normalized spacial score (nSPS) is 12.1. The average Bonchev–Trinajstić information content (AvgIpc) is 3.98. The highest BCUT2D eigenvalue weighted by Gasteiger charge is 2.32. The zero-order chi connectivity index (χ0) is 56.3. The molecule has 11 aromatic carbocycles. The number of rotatable bonds is 8. The summed E-state index contributed by atoms with van der Waals surface area (Å²) in [6.07, 6.45) is 0. The molecule has 0 amide bonds. The van der Waals surface area contributed by atoms with E-state index in [1.807, 2.05) is 0 Å². The molecule has 398 valence electrons. The first-order valence-electron chi connectivity index (χ1n) is 29.1. The highest BCUT2D eigenvalue weighted by molar-refractivity contribution is 6.38. The number of aryl methyl sites for hydroxylation is 8. The Balaban J connectivity index is 1.11. The van der Waals surface area contributed by atoms with Crippen molar-refractivity contribution in [2.24, 2.45) is 0 Å². The standard InChI is InChI=1S/C78H66N4/c1-43-33-59(34-44(2)51(43)9)79(60-35-45(3)52(10)46(4)36-60)57-29-31-63-65-25-19-27-67-73-72(56-23-17-14-18-24-56)78-74(71(55-21-15-13-16-22-55)77(73)81(75(65)67)69(63)41-57)68-28-20-26-66-64-32-30-58(42-70(64)82(78)76(66)68)80(61-37-47(5)53(11)48(6)38-61)62-39-49(7)54(12)50(8)40-62/h13-42H,1-12H3. The molecule has 0 spiro atoms. The van der Waals surface area contributed by atoms with Gasteiger partial charge in [-0.05, 0) is 234 Å². The molecule has 15 rings (SSSR count). The van der Waals surface area contributed by atoms with Gasteiger partial charge in [-0.15, -0.1) is 0 Å². The van der Waals surface area contributed by atoms with Gasteiger partial charge < -0.3 is 18.6 Å². The largest absolute Gasteiger partial charge is 0.310 e. The second-order valence-electron chi connectivity index (χ2n) is 23.9. The third-order valence-corrected chi connectivity index (χ3v) is 19.3. The summed E-state index contributed by atoms with van der Waals surface area (Å²) in [5, 5.41) is 10.0. The van der Waals surface area contributed by atoms with Gasteiger partial charge in [0.15, 0.2) is 0 Å². The van der Waals surface area contributed by atoms with Crippen LogP contribution in [0.1, 0.15) is 66.8 Å². The van der Waals surface area contributed by atoms with Crippen LogP contribution in [0, 0.1) is 83.1 Å². The van der Waals surface area contributed by atoms with Gasteiger partial charge in [0, 0.05) is 88.3 Å². The topological polar surface area (TPSA) is 15.3 Å². The summed E-state index contributed by atoms with van der Waals surface area (Å²) in [4.78, 5) is 4.99. The fourth-order valence-electron chi connectivity index (χ4n) is 14.2. The maximum Gasteiger partial charge on any atom is 0.0634 e. The van der Waals surface area contributed by atoms with Gasteiger partial charge in [-0.1, -0.05) is 109 Å². The molecule has 0 fully saturated rings. The van der Waals surface area contributed by atoms with Crippen LogP contribution in [0.3, 0.4) is 0 Å². The minimum atomic E-state index is 1.13. The van der Waals surface area contributed by atoms with E-state index in [0.29, 0.717) is 0 Å². The smallest absolute Gasteiger partial charge is 0.0634 e. The molecule has 0 atom stereocenters. The summed E-state index contributed by atoms with van der Waals surface area (Å²) in [5.74, 6) is 0. The number of benzene rings is 11. The van der Waals surface area contributed by atoms with E-state index in [1.54, 1.807) is 0 Å².